The lowest BCUT2D eigenvalue weighted by molar-refractivity contribution is -0.119. The van der Waals surface area contributed by atoms with Gasteiger partial charge in [0, 0.05) is 18.3 Å². The van der Waals surface area contributed by atoms with Crippen LogP contribution in [0.1, 0.15) is 12.5 Å². The molecule has 3 N–H and O–H groups in total. The largest absolute Gasteiger partial charge is 0.484 e. The predicted molar refractivity (Wildman–Crippen MR) is 75.8 cm³/mol. The van der Waals surface area contributed by atoms with E-state index < -0.39 is 5.91 Å². The zero-order chi connectivity index (χ0) is 13.4. The molecule has 0 heterocycles. The van der Waals surface area contributed by atoms with Crippen molar-refractivity contribution in [3.8, 4) is 5.75 Å². The number of hydrogen-bond donors (Lipinski definition) is 2. The number of primary amides is 1. The first-order valence-electron chi connectivity index (χ1n) is 5.85. The lowest BCUT2D eigenvalue weighted by Gasteiger charge is -2.10. The fourth-order valence-electron chi connectivity index (χ4n) is 1.36. The van der Waals surface area contributed by atoms with Gasteiger partial charge in [0.1, 0.15) is 5.75 Å². The van der Waals surface area contributed by atoms with Crippen molar-refractivity contribution < 1.29 is 9.53 Å². The van der Waals surface area contributed by atoms with Crippen molar-refractivity contribution in [1.29, 1.82) is 0 Å². The van der Waals surface area contributed by atoms with Crippen molar-refractivity contribution in [1.82, 2.24) is 5.32 Å². The minimum atomic E-state index is -0.466. The summed E-state index contributed by atoms with van der Waals surface area (Å²) >= 11 is 1.85. The van der Waals surface area contributed by atoms with Gasteiger partial charge in [0.25, 0.3) is 5.91 Å². The molecule has 1 aromatic carbocycles. The van der Waals surface area contributed by atoms with Crippen molar-refractivity contribution >= 4 is 17.7 Å². The lowest BCUT2D eigenvalue weighted by atomic mass is 10.2. The molecule has 0 saturated heterocycles. The number of nitrogens with one attached hydrogen (secondary N) is 1. The minimum Gasteiger partial charge on any atom is -0.484 e. The molecule has 0 aliphatic carbocycles. The van der Waals surface area contributed by atoms with E-state index in [4.69, 9.17) is 10.5 Å². The smallest absolute Gasteiger partial charge is 0.255 e. The summed E-state index contributed by atoms with van der Waals surface area (Å²) in [5.41, 5.74) is 6.19. The zero-order valence-corrected chi connectivity index (χ0v) is 11.6. The number of carbonyl (C=O) groups excluding carboxylic acids is 1. The van der Waals surface area contributed by atoms with E-state index >= 15 is 0 Å². The van der Waals surface area contributed by atoms with Crippen LogP contribution in [0.15, 0.2) is 24.3 Å². The lowest BCUT2D eigenvalue weighted by Crippen LogP contribution is -2.22. The van der Waals surface area contributed by atoms with E-state index in [9.17, 15) is 4.79 Å². The molecule has 4 nitrogen and oxygen atoms in total. The van der Waals surface area contributed by atoms with Gasteiger partial charge in [-0.1, -0.05) is 19.1 Å². The average Bonchev–Trinajstić information content (AvgIpc) is 2.37. The van der Waals surface area contributed by atoms with Crippen LogP contribution in [-0.4, -0.2) is 30.6 Å². The van der Waals surface area contributed by atoms with E-state index in [2.05, 4.69) is 18.5 Å². The third-order valence-electron chi connectivity index (χ3n) is 2.47. The first kappa shape index (κ1) is 14.9. The van der Waals surface area contributed by atoms with E-state index in [1.807, 2.05) is 36.0 Å². The van der Waals surface area contributed by atoms with Gasteiger partial charge in [0.15, 0.2) is 6.61 Å². The number of thioether (sulfide) groups is 1. The van der Waals surface area contributed by atoms with Gasteiger partial charge in [-0.2, -0.15) is 11.8 Å². The van der Waals surface area contributed by atoms with Crippen LogP contribution in [0.25, 0.3) is 0 Å². The molecule has 0 aliphatic rings. The zero-order valence-electron chi connectivity index (χ0n) is 10.8. The van der Waals surface area contributed by atoms with Crippen LogP contribution >= 0.6 is 11.8 Å². The van der Waals surface area contributed by atoms with E-state index in [1.54, 1.807) is 0 Å². The summed E-state index contributed by atoms with van der Waals surface area (Å²) in [5, 5.41) is 4.00. The Kier molecular flexibility index (Phi) is 6.60. The number of amides is 1. The van der Waals surface area contributed by atoms with Crippen LogP contribution in [0.4, 0.5) is 0 Å². The van der Waals surface area contributed by atoms with Gasteiger partial charge in [0.05, 0.1) is 0 Å². The SMILES string of the molecule is CSC(C)CNCc1ccc(OCC(N)=O)cc1. The van der Waals surface area contributed by atoms with Crippen LogP contribution in [0.2, 0.25) is 0 Å². The Morgan fingerprint density at radius 1 is 1.44 bits per heavy atom. The van der Waals surface area contributed by atoms with Gasteiger partial charge in [-0.15, -0.1) is 0 Å². The minimum absolute atomic E-state index is 0.0805. The van der Waals surface area contributed by atoms with Gasteiger partial charge in [-0.05, 0) is 24.0 Å². The maximum atomic E-state index is 10.6. The molecule has 0 saturated carbocycles. The fraction of sp³-hybridized carbons (Fsp3) is 0.462. The molecule has 0 fully saturated rings. The van der Waals surface area contributed by atoms with Gasteiger partial charge in [-0.3, -0.25) is 4.79 Å². The summed E-state index contributed by atoms with van der Waals surface area (Å²) in [5.74, 6) is 0.196. The maximum absolute atomic E-state index is 10.6. The monoisotopic (exact) mass is 268 g/mol. The van der Waals surface area contributed by atoms with E-state index in [0.29, 0.717) is 11.0 Å². The highest BCUT2D eigenvalue weighted by Crippen LogP contribution is 2.12. The summed E-state index contributed by atoms with van der Waals surface area (Å²) in [6.07, 6.45) is 2.11. The predicted octanol–water partition coefficient (Wildman–Crippen LogP) is 1.39. The number of ether oxygens (including phenoxy) is 1. The molecule has 0 spiro atoms. The van der Waals surface area contributed by atoms with E-state index in [-0.39, 0.29) is 6.61 Å². The van der Waals surface area contributed by atoms with Crippen LogP contribution in [0.3, 0.4) is 0 Å². The Balaban J connectivity index is 2.33. The summed E-state index contributed by atoms with van der Waals surface area (Å²) in [6, 6.07) is 7.65. The topological polar surface area (TPSA) is 64.3 Å². The third kappa shape index (κ3) is 5.93. The molecule has 0 radical (unpaired) electrons. The van der Waals surface area contributed by atoms with Gasteiger partial charge in [0.2, 0.25) is 0 Å². The number of hydrogen-bond acceptors (Lipinski definition) is 4. The molecule has 1 unspecified atom stereocenters. The molecule has 100 valence electrons. The Labute approximate surface area is 112 Å². The quantitative estimate of drug-likeness (QED) is 0.748. The second kappa shape index (κ2) is 8.00. The molecule has 0 aliphatic heterocycles. The summed E-state index contributed by atoms with van der Waals surface area (Å²) < 4.78 is 5.18. The maximum Gasteiger partial charge on any atom is 0.255 e. The number of benzene rings is 1. The fourth-order valence-corrected chi connectivity index (χ4v) is 1.65. The number of carbonyl (C=O) groups is 1. The van der Waals surface area contributed by atoms with Crippen LogP contribution in [-0.2, 0) is 11.3 Å². The third-order valence-corrected chi connectivity index (χ3v) is 3.44. The highest BCUT2D eigenvalue weighted by Gasteiger charge is 2.00. The Morgan fingerprint density at radius 3 is 2.67 bits per heavy atom. The Hall–Kier alpha value is -1.20. The van der Waals surface area contributed by atoms with Crippen molar-refractivity contribution in [2.75, 3.05) is 19.4 Å². The van der Waals surface area contributed by atoms with Gasteiger partial charge < -0.3 is 15.8 Å². The summed E-state index contributed by atoms with van der Waals surface area (Å²) in [7, 11) is 0. The second-order valence-corrected chi connectivity index (χ2v) is 5.35. The normalized spacial score (nSPS) is 12.1. The first-order chi connectivity index (χ1) is 8.61. The first-order valence-corrected chi connectivity index (χ1v) is 7.14. The Bertz CT molecular complexity index is 368. The highest BCUT2D eigenvalue weighted by atomic mass is 32.2. The van der Waals surface area contributed by atoms with Crippen molar-refractivity contribution in [2.24, 2.45) is 5.73 Å². The second-order valence-electron chi connectivity index (χ2n) is 4.08. The van der Waals surface area contributed by atoms with Gasteiger partial charge >= 0.3 is 0 Å². The molecular weight excluding hydrogens is 248 g/mol. The molecule has 1 aromatic rings. The number of rotatable bonds is 8. The summed E-state index contributed by atoms with van der Waals surface area (Å²) in [6.45, 7) is 3.93. The van der Waals surface area contributed by atoms with E-state index in [1.165, 1.54) is 5.56 Å². The van der Waals surface area contributed by atoms with Crippen LogP contribution in [0.5, 0.6) is 5.75 Å². The molecule has 0 bridgehead atoms. The van der Waals surface area contributed by atoms with Crippen LogP contribution in [0, 0.1) is 0 Å². The van der Waals surface area contributed by atoms with E-state index in [0.717, 1.165) is 13.1 Å². The molecule has 5 heteroatoms. The molecule has 1 atom stereocenters. The Morgan fingerprint density at radius 2 is 2.11 bits per heavy atom. The molecule has 1 amide bonds. The highest BCUT2D eigenvalue weighted by molar-refractivity contribution is 7.99. The van der Waals surface area contributed by atoms with Gasteiger partial charge in [-0.25, -0.2) is 0 Å². The molecular formula is C13H20N2O2S. The summed E-state index contributed by atoms with van der Waals surface area (Å²) in [4.78, 5) is 10.6. The molecule has 0 aromatic heterocycles. The number of nitrogens with two attached hydrogens (primary N) is 1. The average molecular weight is 268 g/mol. The van der Waals surface area contributed by atoms with Crippen molar-refractivity contribution in [3.63, 3.8) is 0 Å². The standard InChI is InChI=1S/C13H20N2O2S/c1-10(18-2)7-15-8-11-3-5-12(6-4-11)17-9-13(14)16/h3-6,10,15H,7-9H2,1-2H3,(H2,14,16). The van der Waals surface area contributed by atoms with Crippen LogP contribution < -0.4 is 15.8 Å². The van der Waals surface area contributed by atoms with Crippen molar-refractivity contribution in [3.05, 3.63) is 29.8 Å². The van der Waals surface area contributed by atoms with Crippen molar-refractivity contribution in [2.45, 2.75) is 18.7 Å². The molecule has 1 rings (SSSR count). The molecule has 18 heavy (non-hydrogen) atoms.